The van der Waals surface area contributed by atoms with E-state index in [4.69, 9.17) is 4.98 Å². The van der Waals surface area contributed by atoms with Gasteiger partial charge in [0.1, 0.15) is 11.6 Å². The Labute approximate surface area is 152 Å². The maximum absolute atomic E-state index is 4.77. The lowest BCUT2D eigenvalue weighted by Gasteiger charge is -2.32. The van der Waals surface area contributed by atoms with Gasteiger partial charge in [-0.3, -0.25) is 4.98 Å². The normalized spacial score (nSPS) is 17.1. The Hall–Kier alpha value is -3.09. The molecule has 0 unspecified atom stereocenters. The lowest BCUT2D eigenvalue weighted by molar-refractivity contribution is 0.494. The molecule has 7 nitrogen and oxygen atoms in total. The molecule has 0 saturated carbocycles. The molecule has 0 radical (unpaired) electrons. The Morgan fingerprint density at radius 3 is 2.77 bits per heavy atom. The number of anilines is 3. The van der Waals surface area contributed by atoms with Crippen molar-refractivity contribution < 1.29 is 0 Å². The Balaban J connectivity index is 1.50. The highest BCUT2D eigenvalue weighted by molar-refractivity contribution is 5.50. The molecule has 1 aliphatic heterocycles. The molecule has 132 valence electrons. The van der Waals surface area contributed by atoms with Crippen LogP contribution in [0.3, 0.4) is 0 Å². The third-order valence-electron chi connectivity index (χ3n) is 4.47. The summed E-state index contributed by atoms with van der Waals surface area (Å²) in [6.45, 7) is 3.79. The standard InChI is InChI=1S/C19H21N7/c1-14-5-2-7-17(23-14)25-18-12-20-11-16(24-18)15-6-3-10-26(13-15)19-21-8-4-9-22-19/h2,4-5,7-9,11-12,15H,3,6,10,13H2,1H3,(H,23,24,25)/t15-/m0/s1. The molecule has 1 saturated heterocycles. The van der Waals surface area contributed by atoms with Crippen LogP contribution in [0.5, 0.6) is 0 Å². The minimum Gasteiger partial charge on any atom is -0.340 e. The van der Waals surface area contributed by atoms with E-state index in [1.54, 1.807) is 18.6 Å². The van der Waals surface area contributed by atoms with E-state index in [2.05, 4.69) is 30.2 Å². The molecule has 0 spiro atoms. The lowest BCUT2D eigenvalue weighted by atomic mass is 9.95. The van der Waals surface area contributed by atoms with Crippen LogP contribution < -0.4 is 10.2 Å². The van der Waals surface area contributed by atoms with Gasteiger partial charge in [-0.15, -0.1) is 0 Å². The molecule has 0 bridgehead atoms. The summed E-state index contributed by atoms with van der Waals surface area (Å²) in [5.74, 6) is 2.59. The topological polar surface area (TPSA) is 79.7 Å². The maximum Gasteiger partial charge on any atom is 0.225 e. The maximum atomic E-state index is 4.77. The van der Waals surface area contributed by atoms with Crippen LogP contribution >= 0.6 is 0 Å². The SMILES string of the molecule is Cc1cccc(Nc2cncc([C@H]3CCCN(c4ncccn4)C3)n2)n1. The van der Waals surface area contributed by atoms with Gasteiger partial charge in [0, 0.05) is 43.3 Å². The number of aromatic nitrogens is 5. The van der Waals surface area contributed by atoms with E-state index < -0.39 is 0 Å². The van der Waals surface area contributed by atoms with E-state index >= 15 is 0 Å². The van der Waals surface area contributed by atoms with Crippen LogP contribution in [0.4, 0.5) is 17.6 Å². The van der Waals surface area contributed by atoms with Crippen LogP contribution in [-0.2, 0) is 0 Å². The minimum absolute atomic E-state index is 0.312. The van der Waals surface area contributed by atoms with Gasteiger partial charge >= 0.3 is 0 Å². The zero-order chi connectivity index (χ0) is 17.8. The van der Waals surface area contributed by atoms with Crippen molar-refractivity contribution in [3.63, 3.8) is 0 Å². The van der Waals surface area contributed by atoms with Crippen LogP contribution in [0.25, 0.3) is 0 Å². The van der Waals surface area contributed by atoms with Gasteiger partial charge in [0.25, 0.3) is 0 Å². The fourth-order valence-electron chi connectivity index (χ4n) is 3.24. The van der Waals surface area contributed by atoms with Crippen LogP contribution in [0.15, 0.2) is 49.1 Å². The third-order valence-corrected chi connectivity index (χ3v) is 4.47. The quantitative estimate of drug-likeness (QED) is 0.777. The summed E-state index contributed by atoms with van der Waals surface area (Å²) in [6, 6.07) is 7.71. The highest BCUT2D eigenvalue weighted by atomic mass is 15.3. The first-order chi connectivity index (χ1) is 12.8. The first-order valence-corrected chi connectivity index (χ1v) is 8.82. The molecule has 7 heteroatoms. The molecule has 4 heterocycles. The number of pyridine rings is 1. The minimum atomic E-state index is 0.312. The summed E-state index contributed by atoms with van der Waals surface area (Å²) in [5, 5.41) is 3.24. The second-order valence-electron chi connectivity index (χ2n) is 6.45. The summed E-state index contributed by atoms with van der Waals surface area (Å²) in [7, 11) is 0. The van der Waals surface area contributed by atoms with Gasteiger partial charge in [-0.2, -0.15) is 0 Å². The van der Waals surface area contributed by atoms with E-state index in [1.807, 2.05) is 37.4 Å². The van der Waals surface area contributed by atoms with Crippen molar-refractivity contribution in [3.8, 4) is 0 Å². The van der Waals surface area contributed by atoms with E-state index in [0.717, 1.165) is 49.1 Å². The molecule has 3 aromatic heterocycles. The Morgan fingerprint density at radius 2 is 1.92 bits per heavy atom. The molecule has 0 aromatic carbocycles. The second-order valence-corrected chi connectivity index (χ2v) is 6.45. The van der Waals surface area contributed by atoms with Crippen molar-refractivity contribution in [3.05, 3.63) is 60.4 Å². The number of nitrogens with zero attached hydrogens (tertiary/aromatic N) is 6. The van der Waals surface area contributed by atoms with Gasteiger partial charge in [0.15, 0.2) is 0 Å². The molecular weight excluding hydrogens is 326 g/mol. The molecule has 4 rings (SSSR count). The molecule has 0 aliphatic carbocycles. The van der Waals surface area contributed by atoms with Crippen LogP contribution in [0, 0.1) is 6.92 Å². The summed E-state index contributed by atoms with van der Waals surface area (Å²) >= 11 is 0. The van der Waals surface area contributed by atoms with Crippen molar-refractivity contribution in [1.82, 2.24) is 24.9 Å². The number of rotatable bonds is 4. The predicted molar refractivity (Wildman–Crippen MR) is 101 cm³/mol. The van der Waals surface area contributed by atoms with Crippen molar-refractivity contribution in [2.45, 2.75) is 25.7 Å². The fraction of sp³-hybridized carbons (Fsp3) is 0.316. The van der Waals surface area contributed by atoms with Gasteiger partial charge in [-0.05, 0) is 38.0 Å². The molecule has 3 aromatic rings. The van der Waals surface area contributed by atoms with Crippen molar-refractivity contribution >= 4 is 17.6 Å². The molecule has 1 N–H and O–H groups in total. The fourth-order valence-corrected chi connectivity index (χ4v) is 3.24. The van der Waals surface area contributed by atoms with E-state index in [-0.39, 0.29) is 0 Å². The first-order valence-electron chi connectivity index (χ1n) is 8.82. The van der Waals surface area contributed by atoms with Crippen LogP contribution in [0.1, 0.15) is 30.1 Å². The van der Waals surface area contributed by atoms with Crippen LogP contribution in [0.2, 0.25) is 0 Å². The number of hydrogen-bond donors (Lipinski definition) is 1. The Kier molecular flexibility index (Phi) is 4.68. The summed E-state index contributed by atoms with van der Waals surface area (Å²) < 4.78 is 0. The zero-order valence-electron chi connectivity index (χ0n) is 14.7. The van der Waals surface area contributed by atoms with Gasteiger partial charge < -0.3 is 10.2 Å². The highest BCUT2D eigenvalue weighted by Gasteiger charge is 2.24. The molecule has 26 heavy (non-hydrogen) atoms. The predicted octanol–water partition coefficient (Wildman–Crippen LogP) is 3.10. The number of nitrogens with one attached hydrogen (secondary N) is 1. The number of hydrogen-bond acceptors (Lipinski definition) is 7. The van der Waals surface area contributed by atoms with E-state index in [9.17, 15) is 0 Å². The van der Waals surface area contributed by atoms with Crippen molar-refractivity contribution in [2.75, 3.05) is 23.3 Å². The van der Waals surface area contributed by atoms with Crippen molar-refractivity contribution in [2.24, 2.45) is 0 Å². The average molecular weight is 347 g/mol. The third kappa shape index (κ3) is 3.77. The van der Waals surface area contributed by atoms with Crippen molar-refractivity contribution in [1.29, 1.82) is 0 Å². The summed E-state index contributed by atoms with van der Waals surface area (Å²) in [6.07, 6.45) is 9.32. The highest BCUT2D eigenvalue weighted by Crippen LogP contribution is 2.27. The summed E-state index contributed by atoms with van der Waals surface area (Å²) in [5.41, 5.74) is 1.95. The van der Waals surface area contributed by atoms with Gasteiger partial charge in [0.05, 0.1) is 11.9 Å². The Bertz CT molecular complexity index is 869. The van der Waals surface area contributed by atoms with E-state index in [0.29, 0.717) is 11.7 Å². The lowest BCUT2D eigenvalue weighted by Crippen LogP contribution is -2.35. The zero-order valence-corrected chi connectivity index (χ0v) is 14.7. The summed E-state index contributed by atoms with van der Waals surface area (Å²) in [4.78, 5) is 24.6. The molecule has 0 amide bonds. The average Bonchev–Trinajstić information content (AvgIpc) is 2.69. The van der Waals surface area contributed by atoms with Gasteiger partial charge in [-0.1, -0.05) is 6.07 Å². The van der Waals surface area contributed by atoms with E-state index in [1.165, 1.54) is 0 Å². The first kappa shape index (κ1) is 16.4. The number of piperidine rings is 1. The molecule has 1 aliphatic rings. The van der Waals surface area contributed by atoms with Gasteiger partial charge in [0.2, 0.25) is 5.95 Å². The van der Waals surface area contributed by atoms with Crippen LogP contribution in [-0.4, -0.2) is 38.0 Å². The largest absolute Gasteiger partial charge is 0.340 e. The second kappa shape index (κ2) is 7.43. The molecular formula is C19H21N7. The smallest absolute Gasteiger partial charge is 0.225 e. The number of aryl methyl sites for hydroxylation is 1. The molecule has 1 fully saturated rings. The molecule has 1 atom stereocenters. The Morgan fingerprint density at radius 1 is 1.04 bits per heavy atom. The monoisotopic (exact) mass is 347 g/mol. The van der Waals surface area contributed by atoms with Gasteiger partial charge in [-0.25, -0.2) is 19.9 Å².